The monoisotopic (exact) mass is 1140 g/mol. The Bertz CT molecular complexity index is 3010. The average Bonchev–Trinajstić information content (AvgIpc) is 1.92. The number of phenols is 1. The zero-order chi connectivity index (χ0) is 57.7. The topological polar surface area (TPSA) is 224 Å². The molecule has 14 nitrogen and oxygen atoms in total. The van der Waals surface area contributed by atoms with Crippen LogP contribution in [0.2, 0.25) is 0 Å². The molecule has 0 amide bonds. The van der Waals surface area contributed by atoms with Gasteiger partial charge >= 0.3 is 11.9 Å². The van der Waals surface area contributed by atoms with Crippen molar-refractivity contribution in [2.45, 2.75) is 220 Å². The number of ketones is 1. The smallest absolute Gasteiger partial charge is 0.334 e. The Kier molecular flexibility index (Phi) is 17.1. The molecular formula is C69H88N2O12. The van der Waals surface area contributed by atoms with Crippen molar-refractivity contribution in [3.8, 4) is 23.3 Å². The van der Waals surface area contributed by atoms with E-state index in [9.17, 15) is 40.2 Å². The lowest BCUT2D eigenvalue weighted by molar-refractivity contribution is -0.228. The Balaban J connectivity index is 1.01. The molecule has 3 aromatic carbocycles. The predicted molar refractivity (Wildman–Crippen MR) is 314 cm³/mol. The summed E-state index contributed by atoms with van der Waals surface area (Å²) in [6, 6.07) is 15.4. The van der Waals surface area contributed by atoms with Gasteiger partial charge in [0.1, 0.15) is 40.7 Å². The molecule has 0 unspecified atom stereocenters. The number of anilines is 1. The van der Waals surface area contributed by atoms with Crippen molar-refractivity contribution in [2.75, 3.05) is 25.5 Å². The molecule has 6 fully saturated rings. The molecule has 5 saturated carbocycles. The first-order valence-corrected chi connectivity index (χ1v) is 31.8. The fourth-order valence-electron chi connectivity index (χ4n) is 17.3. The molecule has 3 aromatic rings. The minimum Gasteiger partial charge on any atom is -0.507 e. The summed E-state index contributed by atoms with van der Waals surface area (Å²) in [7, 11) is 1.75. The van der Waals surface area contributed by atoms with Crippen LogP contribution in [0.3, 0.4) is 0 Å². The van der Waals surface area contributed by atoms with Crippen LogP contribution in [-0.2, 0) is 43.1 Å². The molecule has 0 spiro atoms. The van der Waals surface area contributed by atoms with E-state index in [1.54, 1.807) is 26.1 Å². The van der Waals surface area contributed by atoms with Crippen molar-refractivity contribution in [1.29, 1.82) is 0 Å². The van der Waals surface area contributed by atoms with Gasteiger partial charge in [-0.05, 0) is 172 Å². The third-order valence-corrected chi connectivity index (χ3v) is 21.6. The molecular weight excluding hydrogens is 1050 g/mol. The Morgan fingerprint density at radius 1 is 0.795 bits per heavy atom. The minimum atomic E-state index is -1.64. The van der Waals surface area contributed by atoms with Crippen molar-refractivity contribution >= 4 is 23.4 Å². The number of carbonyl (C=O) groups excluding carboxylic acids is 3. The van der Waals surface area contributed by atoms with Gasteiger partial charge in [0, 0.05) is 66.6 Å². The van der Waals surface area contributed by atoms with E-state index in [-0.39, 0.29) is 98.0 Å². The number of rotatable bonds is 10. The molecule has 0 radical (unpaired) electrons. The summed E-state index contributed by atoms with van der Waals surface area (Å²) in [4.78, 5) is 44.3. The van der Waals surface area contributed by atoms with E-state index in [0.29, 0.717) is 70.9 Å². The summed E-state index contributed by atoms with van der Waals surface area (Å²) in [6.45, 7) is 1.73. The normalized spacial score (nSPS) is 34.9. The maximum atomic E-state index is 15.9. The number of hydrogen-bond donors (Lipinski definition) is 8. The second-order valence-corrected chi connectivity index (χ2v) is 27.0. The molecule has 5 aliphatic carbocycles. The van der Waals surface area contributed by atoms with Gasteiger partial charge in [0.05, 0.1) is 36.8 Å². The fraction of sp³-hybridized carbons (Fsp3) is 0.638. The van der Waals surface area contributed by atoms with Crippen LogP contribution >= 0.6 is 0 Å². The van der Waals surface area contributed by atoms with Crippen molar-refractivity contribution in [2.24, 2.45) is 35.5 Å². The second kappa shape index (κ2) is 24.3. The molecule has 8 N–H and O–H groups in total. The SMILES string of the molecule is CNC[C@H](O)c1cc(NC[C@@](C)(O)[C@H](O)[C@@H]2CC[C@@H]3CCCC[C@@H]3O2)cc([C@@H]2C#C[C@@H]3CC(=O)Oc4c3cc(c(O)c4C3CCCCC3)C[C@H]3OC(=O)/C(=C\[C@H](O)Cc4cccc(c4)C[C@H]4C(=O)CC[C@@H]5[C@H]4C[C@@H]4CCCC[C@H]4[C@]53O)C2)c1. The predicted octanol–water partition coefficient (Wildman–Crippen LogP) is 9.23. The summed E-state index contributed by atoms with van der Waals surface area (Å²) in [6.07, 6.45) is 12.3. The Hall–Kier alpha value is -5.11. The van der Waals surface area contributed by atoms with E-state index in [0.717, 1.165) is 94.6 Å². The van der Waals surface area contributed by atoms with Crippen LogP contribution in [0.4, 0.5) is 5.69 Å². The minimum absolute atomic E-state index is 0.0253. The maximum Gasteiger partial charge on any atom is 0.334 e. The Morgan fingerprint density at radius 2 is 1.54 bits per heavy atom. The van der Waals surface area contributed by atoms with Gasteiger partial charge in [-0.1, -0.05) is 93.5 Å². The Morgan fingerprint density at radius 3 is 2.35 bits per heavy atom. The van der Waals surface area contributed by atoms with Gasteiger partial charge in [-0.15, -0.1) is 0 Å². The van der Waals surface area contributed by atoms with Gasteiger partial charge in [-0.3, -0.25) is 9.59 Å². The molecule has 12 rings (SSSR count). The molecule has 16 atom stereocenters. The molecule has 4 heterocycles. The van der Waals surface area contributed by atoms with Crippen molar-refractivity contribution in [1.82, 2.24) is 5.32 Å². The molecule has 83 heavy (non-hydrogen) atoms. The number of likely N-dealkylation sites (N-methyl/N-ethyl adjacent to an activating group) is 1. The van der Waals surface area contributed by atoms with Crippen molar-refractivity contribution in [3.63, 3.8) is 0 Å². The maximum absolute atomic E-state index is 15.9. The summed E-state index contributed by atoms with van der Waals surface area (Å²) in [5, 5.41) is 81.6. The number of Topliss-reactive ketones (excluding diaryl/α,β-unsaturated/α-hetero) is 1. The van der Waals surface area contributed by atoms with Crippen molar-refractivity contribution < 1.29 is 59.2 Å². The van der Waals surface area contributed by atoms with Gasteiger partial charge in [0.2, 0.25) is 0 Å². The van der Waals surface area contributed by atoms with Gasteiger partial charge in [-0.2, -0.15) is 0 Å². The van der Waals surface area contributed by atoms with E-state index in [4.69, 9.17) is 14.2 Å². The lowest BCUT2D eigenvalue weighted by atomic mass is 9.48. The van der Waals surface area contributed by atoms with Gasteiger partial charge in [0.15, 0.2) is 0 Å². The molecule has 446 valence electrons. The largest absolute Gasteiger partial charge is 0.507 e. The number of ether oxygens (including phenoxy) is 3. The van der Waals surface area contributed by atoms with Gasteiger partial charge < -0.3 is 55.5 Å². The van der Waals surface area contributed by atoms with Crippen LogP contribution in [0, 0.1) is 47.3 Å². The van der Waals surface area contributed by atoms with Crippen LogP contribution < -0.4 is 15.4 Å². The first-order valence-electron chi connectivity index (χ1n) is 31.8. The molecule has 9 aliphatic rings. The fourth-order valence-corrected chi connectivity index (χ4v) is 17.3. The average molecular weight is 1140 g/mol. The molecule has 0 aromatic heterocycles. The molecule has 10 bridgehead atoms. The lowest BCUT2D eigenvalue weighted by Crippen LogP contribution is -2.65. The highest BCUT2D eigenvalue weighted by molar-refractivity contribution is 5.89. The quantitative estimate of drug-likeness (QED) is 0.0539. The summed E-state index contributed by atoms with van der Waals surface area (Å²) in [5.41, 5.74) is 1.99. The number of esters is 2. The molecule has 4 aliphatic heterocycles. The lowest BCUT2D eigenvalue weighted by Gasteiger charge is -2.59. The van der Waals surface area contributed by atoms with E-state index < -0.39 is 71.4 Å². The number of hydrogen-bond acceptors (Lipinski definition) is 14. The third kappa shape index (κ3) is 11.8. The second-order valence-electron chi connectivity index (χ2n) is 27.0. The first-order chi connectivity index (χ1) is 40.0. The van der Waals surface area contributed by atoms with E-state index in [1.165, 1.54) is 6.42 Å². The standard InChI is InChI=1S/C69H88N2O12/c1-68(79,66(77)60-24-21-41-13-7-9-18-59(41)81-60)38-71-50-30-46(29-47(31-50)58(74)37-70-2)43-19-20-44-36-62(75)83-65-52(44)34-48(64(76)63(65)42-14-4-3-5-15-42)35-61-69(80)55-17-8-6-16-45(55)33-53-54(57(73)23-22-56(53)69)27-40-12-10-11-39(25-40)26-51(72)32-49(28-43)67(78)82-61/h10-12,25,29-32,34,41-45,51,53-56,58-61,66,70-72,74,76-77,79-80H,3-9,13-18,21-24,26-28,33,35-38H2,1-2H3/b49-32-/t41-,43+,44+,45-,51+,53-,54+,55+,56+,58-,59-,60-,61+,66+,68+,69-/m0/s1. The highest BCUT2D eigenvalue weighted by Gasteiger charge is 2.62. The highest BCUT2D eigenvalue weighted by Crippen LogP contribution is 2.59. The Labute approximate surface area is 489 Å². The zero-order valence-electron chi connectivity index (χ0n) is 48.7. The summed E-state index contributed by atoms with van der Waals surface area (Å²) < 4.78 is 19.8. The number of nitrogens with one attached hydrogen (secondary N) is 2. The number of fused-ring (bicyclic) bond motifs is 10. The van der Waals surface area contributed by atoms with Crippen LogP contribution in [-0.4, -0.2) is 110 Å². The number of benzene rings is 3. The number of aliphatic hydroxyl groups excluding tert-OH is 3. The number of aliphatic hydroxyl groups is 5. The number of phenolic OH excluding ortho intramolecular Hbond substituents is 1. The van der Waals surface area contributed by atoms with E-state index >= 15 is 4.79 Å². The first kappa shape index (κ1) is 58.3. The highest BCUT2D eigenvalue weighted by atomic mass is 16.6. The summed E-state index contributed by atoms with van der Waals surface area (Å²) in [5.74, 6) is 3.94. The molecule has 1 saturated heterocycles. The van der Waals surface area contributed by atoms with Crippen molar-refractivity contribution in [3.05, 3.63) is 99.1 Å². The van der Waals surface area contributed by atoms with E-state index in [1.807, 2.05) is 36.4 Å². The van der Waals surface area contributed by atoms with Crippen LogP contribution in [0.15, 0.2) is 60.2 Å². The van der Waals surface area contributed by atoms with Gasteiger partial charge in [0.25, 0.3) is 0 Å². The third-order valence-electron chi connectivity index (χ3n) is 21.6. The number of carbonyl (C=O) groups is 3. The number of aromatic hydroxyl groups is 1. The zero-order valence-corrected chi connectivity index (χ0v) is 48.7. The van der Waals surface area contributed by atoms with Gasteiger partial charge in [-0.25, -0.2) is 4.79 Å². The van der Waals surface area contributed by atoms with Crippen LogP contribution in [0.25, 0.3) is 0 Å². The van der Waals surface area contributed by atoms with Crippen LogP contribution in [0.5, 0.6) is 11.5 Å². The molecule has 14 heteroatoms. The van der Waals surface area contributed by atoms with E-state index in [2.05, 4.69) is 28.5 Å². The van der Waals surface area contributed by atoms with Crippen LogP contribution in [0.1, 0.15) is 198 Å². The summed E-state index contributed by atoms with van der Waals surface area (Å²) >= 11 is 0.